The van der Waals surface area contributed by atoms with Crippen LogP contribution in [0.15, 0.2) is 52.3 Å². The first-order chi connectivity index (χ1) is 14.6. The lowest BCUT2D eigenvalue weighted by Crippen LogP contribution is -2.36. The smallest absolute Gasteiger partial charge is 0.260 e. The highest BCUT2D eigenvalue weighted by molar-refractivity contribution is 7.98. The molecule has 0 aliphatic rings. The maximum atomic E-state index is 13.4. The number of anilines is 1. The molecular formula is C22H27N3O3S3. The molecule has 2 aromatic carbocycles. The van der Waals surface area contributed by atoms with Gasteiger partial charge in [0, 0.05) is 23.5 Å². The number of hydrogen-bond acceptors (Lipinski definition) is 7. The minimum Gasteiger partial charge on any atom is -0.308 e. The van der Waals surface area contributed by atoms with Crippen LogP contribution >= 0.6 is 23.1 Å². The molecule has 1 heterocycles. The highest BCUT2D eigenvalue weighted by atomic mass is 32.2. The Morgan fingerprint density at radius 3 is 2.35 bits per heavy atom. The summed E-state index contributed by atoms with van der Waals surface area (Å²) >= 11 is 3.12. The van der Waals surface area contributed by atoms with Crippen LogP contribution in [0.25, 0.3) is 10.2 Å². The Morgan fingerprint density at radius 2 is 1.77 bits per heavy atom. The van der Waals surface area contributed by atoms with E-state index in [1.165, 1.54) is 23.5 Å². The van der Waals surface area contributed by atoms with Gasteiger partial charge in [-0.05, 0) is 70.6 Å². The van der Waals surface area contributed by atoms with Gasteiger partial charge in [-0.3, -0.25) is 9.69 Å². The van der Waals surface area contributed by atoms with E-state index in [2.05, 4.69) is 0 Å². The van der Waals surface area contributed by atoms with Gasteiger partial charge in [0.15, 0.2) is 15.0 Å². The molecule has 0 saturated carbocycles. The number of rotatable bonds is 8. The first kappa shape index (κ1) is 23.7. The Bertz CT molecular complexity index is 1170. The molecule has 0 aliphatic heterocycles. The Hall–Kier alpha value is -1.94. The molecule has 9 heteroatoms. The van der Waals surface area contributed by atoms with E-state index in [-0.39, 0.29) is 10.8 Å². The Balaban J connectivity index is 1.98. The Morgan fingerprint density at radius 1 is 1.10 bits per heavy atom. The molecule has 166 valence electrons. The minimum atomic E-state index is -3.38. The highest BCUT2D eigenvalue weighted by Gasteiger charge is 2.24. The first-order valence-electron chi connectivity index (χ1n) is 9.89. The van der Waals surface area contributed by atoms with Crippen LogP contribution in [0, 0.1) is 0 Å². The molecule has 1 aromatic heterocycles. The topological polar surface area (TPSA) is 70.6 Å². The number of fused-ring (bicyclic) bond motifs is 1. The van der Waals surface area contributed by atoms with Crippen LogP contribution in [0.3, 0.4) is 0 Å². The summed E-state index contributed by atoms with van der Waals surface area (Å²) in [6.07, 6.45) is 2.01. The predicted octanol–water partition coefficient (Wildman–Crippen LogP) is 4.41. The van der Waals surface area contributed by atoms with Crippen molar-refractivity contribution in [3.8, 4) is 0 Å². The normalized spacial score (nSPS) is 12.1. The molecule has 0 fully saturated rings. The standard InChI is InChI=1S/C22H27N3O3S3/c1-15(2)31(27,28)17-11-9-16(10-12-17)21(26)25(14-13-24(3)4)22-23-20-18(29-5)7-6-8-19(20)30-22/h6-12,15H,13-14H2,1-5H3. The van der Waals surface area contributed by atoms with Gasteiger partial charge in [-0.2, -0.15) is 0 Å². The van der Waals surface area contributed by atoms with Crippen molar-refractivity contribution in [2.24, 2.45) is 0 Å². The van der Waals surface area contributed by atoms with Gasteiger partial charge < -0.3 is 4.90 Å². The first-order valence-corrected chi connectivity index (χ1v) is 13.5. The number of thioether (sulfide) groups is 1. The van der Waals surface area contributed by atoms with Gasteiger partial charge in [0.05, 0.1) is 20.4 Å². The molecule has 0 unspecified atom stereocenters. The number of para-hydroxylation sites is 1. The fraction of sp³-hybridized carbons (Fsp3) is 0.364. The number of likely N-dealkylation sites (N-methyl/N-ethyl adjacent to an activating group) is 1. The van der Waals surface area contributed by atoms with E-state index in [0.717, 1.165) is 15.1 Å². The molecule has 0 radical (unpaired) electrons. The Labute approximate surface area is 192 Å². The number of amides is 1. The second-order valence-corrected chi connectivity index (χ2v) is 12.0. The van der Waals surface area contributed by atoms with E-state index in [4.69, 9.17) is 4.98 Å². The Kier molecular flexibility index (Phi) is 7.41. The van der Waals surface area contributed by atoms with Crippen LogP contribution in [0.2, 0.25) is 0 Å². The quantitative estimate of drug-likeness (QED) is 0.448. The number of carbonyl (C=O) groups excluding carboxylic acids is 1. The van der Waals surface area contributed by atoms with Crippen molar-refractivity contribution in [2.45, 2.75) is 28.9 Å². The van der Waals surface area contributed by atoms with Crippen molar-refractivity contribution < 1.29 is 13.2 Å². The second kappa shape index (κ2) is 9.68. The minimum absolute atomic E-state index is 0.194. The molecule has 3 aromatic rings. The van der Waals surface area contributed by atoms with Gasteiger partial charge in [0.25, 0.3) is 5.91 Å². The zero-order valence-electron chi connectivity index (χ0n) is 18.3. The second-order valence-electron chi connectivity index (χ2n) is 7.68. The summed E-state index contributed by atoms with van der Waals surface area (Å²) in [7, 11) is 0.531. The molecule has 0 atom stereocenters. The monoisotopic (exact) mass is 477 g/mol. The van der Waals surface area contributed by atoms with E-state index in [1.54, 1.807) is 42.6 Å². The van der Waals surface area contributed by atoms with Gasteiger partial charge in [0.1, 0.15) is 0 Å². The van der Waals surface area contributed by atoms with Crippen LogP contribution < -0.4 is 4.90 Å². The third-order valence-corrected chi connectivity index (χ3v) is 8.87. The largest absolute Gasteiger partial charge is 0.308 e. The fourth-order valence-electron chi connectivity index (χ4n) is 2.99. The molecule has 0 N–H and O–H groups in total. The maximum absolute atomic E-state index is 13.4. The lowest BCUT2D eigenvalue weighted by molar-refractivity contribution is 0.0985. The maximum Gasteiger partial charge on any atom is 0.260 e. The number of sulfone groups is 1. The van der Waals surface area contributed by atoms with E-state index < -0.39 is 15.1 Å². The van der Waals surface area contributed by atoms with E-state index >= 15 is 0 Å². The van der Waals surface area contributed by atoms with E-state index in [0.29, 0.717) is 23.8 Å². The van der Waals surface area contributed by atoms with Crippen LogP contribution in [-0.2, 0) is 9.84 Å². The summed E-state index contributed by atoms with van der Waals surface area (Å²) in [6.45, 7) is 4.45. The van der Waals surface area contributed by atoms with E-state index in [1.807, 2.05) is 43.5 Å². The third-order valence-electron chi connectivity index (χ3n) is 4.89. The number of aromatic nitrogens is 1. The van der Waals surface area contributed by atoms with E-state index in [9.17, 15) is 13.2 Å². The summed E-state index contributed by atoms with van der Waals surface area (Å²) in [4.78, 5) is 23.2. The summed E-state index contributed by atoms with van der Waals surface area (Å²) in [5, 5.41) is 0.126. The molecule has 0 bridgehead atoms. The SMILES string of the molecule is CSc1cccc2sc(N(CCN(C)C)C(=O)c3ccc(S(=O)(=O)C(C)C)cc3)nc12. The van der Waals surface area contributed by atoms with Crippen molar-refractivity contribution in [1.29, 1.82) is 0 Å². The molecule has 0 aliphatic carbocycles. The zero-order valence-corrected chi connectivity index (χ0v) is 20.8. The molecule has 3 rings (SSSR count). The summed E-state index contributed by atoms with van der Waals surface area (Å²) in [5.74, 6) is -0.194. The summed E-state index contributed by atoms with van der Waals surface area (Å²) < 4.78 is 25.8. The molecule has 1 amide bonds. The van der Waals surface area contributed by atoms with Gasteiger partial charge in [-0.25, -0.2) is 13.4 Å². The van der Waals surface area contributed by atoms with Crippen molar-refractivity contribution in [3.63, 3.8) is 0 Å². The molecular weight excluding hydrogens is 450 g/mol. The van der Waals surface area contributed by atoms with Crippen molar-refractivity contribution >= 4 is 54.2 Å². The van der Waals surface area contributed by atoms with Crippen molar-refractivity contribution in [2.75, 3.05) is 38.3 Å². The number of hydrogen-bond donors (Lipinski definition) is 0. The van der Waals surface area contributed by atoms with Gasteiger partial charge in [-0.1, -0.05) is 17.4 Å². The van der Waals surface area contributed by atoms with Crippen LogP contribution in [0.5, 0.6) is 0 Å². The molecule has 6 nitrogen and oxygen atoms in total. The average Bonchev–Trinajstić information content (AvgIpc) is 3.17. The van der Waals surface area contributed by atoms with Crippen LogP contribution in [-0.4, -0.2) is 62.9 Å². The average molecular weight is 478 g/mol. The number of thiazole rings is 1. The molecule has 0 saturated heterocycles. The zero-order chi connectivity index (χ0) is 22.8. The number of benzene rings is 2. The van der Waals surface area contributed by atoms with Crippen LogP contribution in [0.4, 0.5) is 5.13 Å². The lowest BCUT2D eigenvalue weighted by atomic mass is 10.2. The van der Waals surface area contributed by atoms with Gasteiger partial charge >= 0.3 is 0 Å². The molecule has 0 spiro atoms. The van der Waals surface area contributed by atoms with Gasteiger partial charge in [-0.15, -0.1) is 11.8 Å². The number of nitrogens with zero attached hydrogens (tertiary/aromatic N) is 3. The summed E-state index contributed by atoms with van der Waals surface area (Å²) in [5.41, 5.74) is 1.34. The van der Waals surface area contributed by atoms with Gasteiger partial charge in [0.2, 0.25) is 0 Å². The summed E-state index contributed by atoms with van der Waals surface area (Å²) in [6, 6.07) is 12.2. The highest BCUT2D eigenvalue weighted by Crippen LogP contribution is 2.34. The van der Waals surface area contributed by atoms with Crippen molar-refractivity contribution in [1.82, 2.24) is 9.88 Å². The van der Waals surface area contributed by atoms with Crippen molar-refractivity contribution in [3.05, 3.63) is 48.0 Å². The fourth-order valence-corrected chi connectivity index (χ4v) is 5.70. The number of carbonyl (C=O) groups is 1. The van der Waals surface area contributed by atoms with Crippen LogP contribution in [0.1, 0.15) is 24.2 Å². The predicted molar refractivity (Wildman–Crippen MR) is 130 cm³/mol. The lowest BCUT2D eigenvalue weighted by Gasteiger charge is -2.22. The molecule has 31 heavy (non-hydrogen) atoms. The third kappa shape index (κ3) is 5.11.